The van der Waals surface area contributed by atoms with E-state index in [4.69, 9.17) is 16.3 Å². The fourth-order valence-corrected chi connectivity index (χ4v) is 1.83. The predicted octanol–water partition coefficient (Wildman–Crippen LogP) is 4.01. The van der Waals surface area contributed by atoms with Crippen LogP contribution in [0.5, 0.6) is 5.75 Å². The molecule has 100 valence electrons. The first-order chi connectivity index (χ1) is 8.49. The van der Waals surface area contributed by atoms with E-state index in [1.54, 1.807) is 6.92 Å². The van der Waals surface area contributed by atoms with Crippen LogP contribution in [-0.4, -0.2) is 19.2 Å². The van der Waals surface area contributed by atoms with Crippen molar-refractivity contribution < 1.29 is 23.0 Å². The molecule has 0 amide bonds. The summed E-state index contributed by atoms with van der Waals surface area (Å²) in [6, 6.07) is 2.80. The van der Waals surface area contributed by atoms with E-state index in [-0.39, 0.29) is 22.9 Å². The Hall–Kier alpha value is -0.880. The highest BCUT2D eigenvalue weighted by molar-refractivity contribution is 9.08. The van der Waals surface area contributed by atoms with Crippen molar-refractivity contribution in [3.63, 3.8) is 0 Å². The minimum absolute atomic E-state index is 0.00566. The van der Waals surface area contributed by atoms with Crippen LogP contribution in [0.4, 0.5) is 8.78 Å². The van der Waals surface area contributed by atoms with Crippen molar-refractivity contribution in [2.45, 2.75) is 18.9 Å². The molecule has 0 N–H and O–H groups in total. The van der Waals surface area contributed by atoms with Gasteiger partial charge in [-0.05, 0) is 24.6 Å². The normalized spacial score (nSPS) is 10.6. The Kier molecular flexibility index (Phi) is 5.81. The minimum atomic E-state index is -3.01. The molecule has 0 bridgehead atoms. The van der Waals surface area contributed by atoms with Gasteiger partial charge in [-0.2, -0.15) is 8.78 Å². The Morgan fingerprint density at radius 1 is 1.50 bits per heavy atom. The van der Waals surface area contributed by atoms with Gasteiger partial charge in [0, 0.05) is 5.33 Å². The van der Waals surface area contributed by atoms with E-state index in [1.165, 1.54) is 12.1 Å². The van der Waals surface area contributed by atoms with E-state index in [2.05, 4.69) is 20.7 Å². The maximum absolute atomic E-state index is 12.2. The summed E-state index contributed by atoms with van der Waals surface area (Å²) in [7, 11) is 0. The summed E-state index contributed by atoms with van der Waals surface area (Å²) in [6.45, 7) is -1.21. The molecule has 0 aromatic heterocycles. The molecule has 0 fully saturated rings. The van der Waals surface area contributed by atoms with E-state index < -0.39 is 12.6 Å². The smallest absolute Gasteiger partial charge is 0.387 e. The van der Waals surface area contributed by atoms with Crippen LogP contribution in [0.2, 0.25) is 5.02 Å². The van der Waals surface area contributed by atoms with Gasteiger partial charge >= 0.3 is 12.6 Å². The van der Waals surface area contributed by atoms with Crippen LogP contribution in [0.25, 0.3) is 0 Å². The maximum Gasteiger partial charge on any atom is 0.387 e. The number of carbonyl (C=O) groups is 1. The van der Waals surface area contributed by atoms with Gasteiger partial charge in [0.2, 0.25) is 0 Å². The molecule has 0 radical (unpaired) electrons. The number of esters is 1. The molecule has 0 saturated heterocycles. The SMILES string of the molecule is CCOC(=O)c1cc(CBr)cc(OC(F)F)c1Cl. The Bertz CT molecular complexity index is 441. The highest BCUT2D eigenvalue weighted by Crippen LogP contribution is 2.32. The van der Waals surface area contributed by atoms with Gasteiger partial charge in [-0.1, -0.05) is 27.5 Å². The van der Waals surface area contributed by atoms with Crippen molar-refractivity contribution in [1.82, 2.24) is 0 Å². The summed E-state index contributed by atoms with van der Waals surface area (Å²) in [4.78, 5) is 11.6. The van der Waals surface area contributed by atoms with E-state index in [0.29, 0.717) is 10.9 Å². The summed E-state index contributed by atoms with van der Waals surface area (Å²) in [6.07, 6.45) is 0. The number of halogens is 4. The van der Waals surface area contributed by atoms with Crippen molar-refractivity contribution in [2.75, 3.05) is 6.61 Å². The quantitative estimate of drug-likeness (QED) is 0.598. The molecule has 0 saturated carbocycles. The molecule has 0 aliphatic carbocycles. The number of ether oxygens (including phenoxy) is 2. The first kappa shape index (κ1) is 15.2. The second-order valence-corrected chi connectivity index (χ2v) is 4.13. The molecule has 1 aromatic carbocycles. The zero-order valence-electron chi connectivity index (χ0n) is 9.38. The Morgan fingerprint density at radius 3 is 2.67 bits per heavy atom. The molecule has 0 atom stereocenters. The van der Waals surface area contributed by atoms with Gasteiger partial charge in [0.25, 0.3) is 0 Å². The molecule has 1 rings (SSSR count). The van der Waals surface area contributed by atoms with Crippen LogP contribution in [0.15, 0.2) is 12.1 Å². The summed E-state index contributed by atoms with van der Waals surface area (Å²) in [5.74, 6) is -0.920. The van der Waals surface area contributed by atoms with Gasteiger partial charge in [-0.25, -0.2) is 4.79 Å². The lowest BCUT2D eigenvalue weighted by molar-refractivity contribution is -0.0498. The van der Waals surface area contributed by atoms with E-state index in [0.717, 1.165) is 0 Å². The lowest BCUT2D eigenvalue weighted by Gasteiger charge is -2.12. The molecule has 7 heteroatoms. The molecule has 3 nitrogen and oxygen atoms in total. The number of hydrogen-bond donors (Lipinski definition) is 0. The van der Waals surface area contributed by atoms with E-state index >= 15 is 0 Å². The zero-order chi connectivity index (χ0) is 13.7. The van der Waals surface area contributed by atoms with Crippen LogP contribution in [0.1, 0.15) is 22.8 Å². The topological polar surface area (TPSA) is 35.5 Å². The monoisotopic (exact) mass is 342 g/mol. The molecular weight excluding hydrogens is 333 g/mol. The fraction of sp³-hybridized carbons (Fsp3) is 0.364. The third-order valence-corrected chi connectivity index (χ3v) is 3.00. The van der Waals surface area contributed by atoms with Gasteiger partial charge < -0.3 is 9.47 Å². The number of hydrogen-bond acceptors (Lipinski definition) is 3. The van der Waals surface area contributed by atoms with Crippen molar-refractivity contribution in [2.24, 2.45) is 0 Å². The van der Waals surface area contributed by atoms with Gasteiger partial charge in [0.05, 0.1) is 17.2 Å². The number of alkyl halides is 3. The number of rotatable bonds is 5. The minimum Gasteiger partial charge on any atom is -0.462 e. The van der Waals surface area contributed by atoms with Crippen molar-refractivity contribution in [3.05, 3.63) is 28.3 Å². The van der Waals surface area contributed by atoms with Crippen molar-refractivity contribution in [1.29, 1.82) is 0 Å². The summed E-state index contributed by atoms with van der Waals surface area (Å²) < 4.78 is 33.5. The highest BCUT2D eigenvalue weighted by atomic mass is 79.9. The third-order valence-electron chi connectivity index (χ3n) is 1.96. The van der Waals surface area contributed by atoms with Crippen LogP contribution < -0.4 is 4.74 Å². The Morgan fingerprint density at radius 2 is 2.17 bits per heavy atom. The van der Waals surface area contributed by atoms with Crippen LogP contribution in [0, 0.1) is 0 Å². The van der Waals surface area contributed by atoms with E-state index in [9.17, 15) is 13.6 Å². The van der Waals surface area contributed by atoms with Crippen LogP contribution in [0.3, 0.4) is 0 Å². The van der Waals surface area contributed by atoms with Crippen molar-refractivity contribution in [3.8, 4) is 5.75 Å². The standard InChI is InChI=1S/C11H10BrClF2O3/c1-2-17-10(16)7-3-6(5-12)4-8(9(7)13)18-11(14)15/h3-4,11H,2,5H2,1H3. The molecule has 18 heavy (non-hydrogen) atoms. The molecule has 0 heterocycles. The second-order valence-electron chi connectivity index (χ2n) is 3.19. The van der Waals surface area contributed by atoms with Crippen molar-refractivity contribution >= 4 is 33.5 Å². The Balaban J connectivity index is 3.20. The fourth-order valence-electron chi connectivity index (χ4n) is 1.27. The van der Waals surface area contributed by atoms with Gasteiger partial charge in [0.15, 0.2) is 0 Å². The summed E-state index contributed by atoms with van der Waals surface area (Å²) in [5, 5.41) is 0.189. The molecule has 1 aromatic rings. The zero-order valence-corrected chi connectivity index (χ0v) is 11.7. The van der Waals surface area contributed by atoms with E-state index in [1.807, 2.05) is 0 Å². The third kappa shape index (κ3) is 3.81. The number of benzene rings is 1. The van der Waals surface area contributed by atoms with Crippen LogP contribution >= 0.6 is 27.5 Å². The molecule has 0 aliphatic rings. The molecular formula is C11H10BrClF2O3. The van der Waals surface area contributed by atoms with Gasteiger partial charge in [-0.3, -0.25) is 0 Å². The first-order valence-electron chi connectivity index (χ1n) is 4.99. The van der Waals surface area contributed by atoms with Gasteiger partial charge in [-0.15, -0.1) is 0 Å². The molecule has 0 aliphatic heterocycles. The predicted molar refractivity (Wildman–Crippen MR) is 66.7 cm³/mol. The highest BCUT2D eigenvalue weighted by Gasteiger charge is 2.19. The largest absolute Gasteiger partial charge is 0.462 e. The molecule has 0 spiro atoms. The first-order valence-corrected chi connectivity index (χ1v) is 6.49. The Labute approximate surface area is 116 Å². The maximum atomic E-state index is 12.2. The number of carbonyl (C=O) groups excluding carboxylic acids is 1. The van der Waals surface area contributed by atoms with Crippen LogP contribution in [-0.2, 0) is 10.1 Å². The summed E-state index contributed by atoms with van der Waals surface area (Å²) >= 11 is 9.00. The average Bonchev–Trinajstić information content (AvgIpc) is 2.31. The lowest BCUT2D eigenvalue weighted by Crippen LogP contribution is -2.09. The molecule has 0 unspecified atom stereocenters. The summed E-state index contributed by atoms with van der Waals surface area (Å²) in [5.41, 5.74) is 0.587. The lowest BCUT2D eigenvalue weighted by atomic mass is 10.1. The average molecular weight is 344 g/mol. The second kappa shape index (κ2) is 6.89. The van der Waals surface area contributed by atoms with Gasteiger partial charge in [0.1, 0.15) is 5.75 Å².